The molecule has 0 spiro atoms. The first-order valence-corrected chi connectivity index (χ1v) is 8.36. The maximum absolute atomic E-state index is 10.3. The Kier molecular flexibility index (Phi) is 3.73. The van der Waals surface area contributed by atoms with E-state index in [1.807, 2.05) is 24.3 Å². The highest BCUT2D eigenvalue weighted by Gasteiger charge is 2.12. The normalized spacial score (nSPS) is 11.3. The van der Waals surface area contributed by atoms with Gasteiger partial charge in [-0.25, -0.2) is 9.97 Å². The zero-order valence-electron chi connectivity index (χ0n) is 14.2. The predicted molar refractivity (Wildman–Crippen MR) is 101 cm³/mol. The fourth-order valence-corrected chi connectivity index (χ4v) is 2.94. The van der Waals surface area contributed by atoms with E-state index in [4.69, 9.17) is 0 Å². The van der Waals surface area contributed by atoms with Crippen molar-refractivity contribution >= 4 is 11.2 Å². The predicted octanol–water partition coefficient (Wildman–Crippen LogP) is 5.12. The number of aromatic nitrogens is 3. The van der Waals surface area contributed by atoms with Crippen LogP contribution in [0.25, 0.3) is 33.7 Å². The lowest BCUT2D eigenvalue weighted by Gasteiger charge is -2.09. The lowest BCUT2D eigenvalue weighted by molar-refractivity contribution is 0.477. The molecule has 2 aromatic heterocycles. The molecule has 4 heteroatoms. The number of fused-ring (bicyclic) bond motifs is 1. The van der Waals surface area contributed by atoms with Crippen molar-refractivity contribution < 1.29 is 5.11 Å². The van der Waals surface area contributed by atoms with Crippen LogP contribution < -0.4 is 0 Å². The molecule has 0 saturated carbocycles. The average Bonchev–Trinajstić information content (AvgIpc) is 3.06. The highest BCUT2D eigenvalue weighted by Crippen LogP contribution is 2.33. The minimum Gasteiger partial charge on any atom is -0.507 e. The number of H-pyrrole nitrogens is 1. The largest absolute Gasteiger partial charge is 0.507 e. The summed E-state index contributed by atoms with van der Waals surface area (Å²) in [6.07, 6.45) is 1.71. The number of pyridine rings is 1. The van der Waals surface area contributed by atoms with Gasteiger partial charge in [-0.1, -0.05) is 44.2 Å². The summed E-state index contributed by atoms with van der Waals surface area (Å²) in [6.45, 7) is 4.37. The Hall–Kier alpha value is -3.14. The molecule has 0 unspecified atom stereocenters. The van der Waals surface area contributed by atoms with Gasteiger partial charge in [-0.15, -0.1) is 0 Å². The second-order valence-electron chi connectivity index (χ2n) is 6.47. The molecular formula is C21H19N3O. The van der Waals surface area contributed by atoms with Gasteiger partial charge in [0, 0.05) is 6.20 Å². The third-order valence-electron chi connectivity index (χ3n) is 4.42. The van der Waals surface area contributed by atoms with Gasteiger partial charge in [0.2, 0.25) is 0 Å². The van der Waals surface area contributed by atoms with Gasteiger partial charge in [-0.05, 0) is 46.9 Å². The molecule has 4 rings (SSSR count). The molecule has 2 aromatic carbocycles. The number of aromatic amines is 1. The Morgan fingerprint density at radius 2 is 1.72 bits per heavy atom. The first-order chi connectivity index (χ1) is 12.1. The van der Waals surface area contributed by atoms with Crippen molar-refractivity contribution in [1.29, 1.82) is 0 Å². The summed E-state index contributed by atoms with van der Waals surface area (Å²) >= 11 is 0. The standard InChI is InChI=1S/C21H19N3O/c1-13(2)14-5-7-15(8-6-14)16-9-10-19(25)17(12-16)20-23-18-4-3-11-22-21(18)24-20/h3-13,25H,1-2H3,(H,22,23,24). The maximum Gasteiger partial charge on any atom is 0.178 e. The summed E-state index contributed by atoms with van der Waals surface area (Å²) in [5.74, 6) is 1.32. The van der Waals surface area contributed by atoms with Crippen molar-refractivity contribution in [2.45, 2.75) is 19.8 Å². The second-order valence-corrected chi connectivity index (χ2v) is 6.47. The van der Waals surface area contributed by atoms with Crippen LogP contribution in [0, 0.1) is 0 Å². The molecule has 0 bridgehead atoms. The van der Waals surface area contributed by atoms with Gasteiger partial charge in [0.15, 0.2) is 5.65 Å². The molecule has 25 heavy (non-hydrogen) atoms. The number of hydrogen-bond donors (Lipinski definition) is 2. The molecule has 4 aromatic rings. The van der Waals surface area contributed by atoms with Crippen molar-refractivity contribution in [3.05, 3.63) is 66.4 Å². The fourth-order valence-electron chi connectivity index (χ4n) is 2.94. The summed E-state index contributed by atoms with van der Waals surface area (Å²) < 4.78 is 0. The number of phenols is 1. The van der Waals surface area contributed by atoms with Crippen LogP contribution in [0.15, 0.2) is 60.8 Å². The van der Waals surface area contributed by atoms with Crippen LogP contribution in [0.3, 0.4) is 0 Å². The zero-order chi connectivity index (χ0) is 17.4. The molecule has 4 nitrogen and oxygen atoms in total. The summed E-state index contributed by atoms with van der Waals surface area (Å²) in [5, 5.41) is 10.3. The number of hydrogen-bond acceptors (Lipinski definition) is 3. The first-order valence-electron chi connectivity index (χ1n) is 8.36. The average molecular weight is 329 g/mol. The highest BCUT2D eigenvalue weighted by molar-refractivity contribution is 5.80. The quantitative estimate of drug-likeness (QED) is 0.548. The number of phenolic OH excluding ortho intramolecular Hbond substituents is 1. The number of imidazole rings is 1. The van der Waals surface area contributed by atoms with E-state index < -0.39 is 0 Å². The van der Waals surface area contributed by atoms with E-state index in [1.54, 1.807) is 12.3 Å². The smallest absolute Gasteiger partial charge is 0.178 e. The lowest BCUT2D eigenvalue weighted by atomic mass is 9.97. The molecular weight excluding hydrogens is 310 g/mol. The van der Waals surface area contributed by atoms with Crippen molar-refractivity contribution in [2.24, 2.45) is 0 Å². The molecule has 0 atom stereocenters. The second kappa shape index (κ2) is 6.06. The van der Waals surface area contributed by atoms with E-state index in [1.165, 1.54) is 5.56 Å². The molecule has 0 amide bonds. The van der Waals surface area contributed by atoms with Crippen LogP contribution >= 0.6 is 0 Å². The van der Waals surface area contributed by atoms with Crippen molar-refractivity contribution in [1.82, 2.24) is 15.0 Å². The van der Waals surface area contributed by atoms with E-state index in [2.05, 4.69) is 53.1 Å². The van der Waals surface area contributed by atoms with Crippen molar-refractivity contribution in [3.8, 4) is 28.3 Å². The summed E-state index contributed by atoms with van der Waals surface area (Å²) in [6, 6.07) is 17.9. The molecule has 0 aliphatic rings. The van der Waals surface area contributed by atoms with E-state index in [0.29, 0.717) is 23.0 Å². The molecule has 124 valence electrons. The topological polar surface area (TPSA) is 61.8 Å². The molecule has 0 aliphatic heterocycles. The third-order valence-corrected chi connectivity index (χ3v) is 4.42. The molecule has 0 saturated heterocycles. The Morgan fingerprint density at radius 1 is 0.960 bits per heavy atom. The van der Waals surface area contributed by atoms with Crippen molar-refractivity contribution in [3.63, 3.8) is 0 Å². The SMILES string of the molecule is CC(C)c1ccc(-c2ccc(O)c(-c3nc4ncccc4[nH]3)c2)cc1. The zero-order valence-corrected chi connectivity index (χ0v) is 14.2. The van der Waals surface area contributed by atoms with Gasteiger partial charge in [-0.3, -0.25) is 0 Å². The lowest BCUT2D eigenvalue weighted by Crippen LogP contribution is -1.88. The number of aromatic hydroxyl groups is 1. The number of rotatable bonds is 3. The Labute approximate surface area is 146 Å². The van der Waals surface area contributed by atoms with Gasteiger partial charge >= 0.3 is 0 Å². The molecule has 0 fully saturated rings. The van der Waals surface area contributed by atoms with Crippen molar-refractivity contribution in [2.75, 3.05) is 0 Å². The van der Waals surface area contributed by atoms with E-state index >= 15 is 0 Å². The van der Waals surface area contributed by atoms with Crippen LogP contribution in [0.5, 0.6) is 5.75 Å². The summed E-state index contributed by atoms with van der Waals surface area (Å²) in [7, 11) is 0. The van der Waals surface area contributed by atoms with Crippen LogP contribution in [-0.4, -0.2) is 20.1 Å². The maximum atomic E-state index is 10.3. The first kappa shape index (κ1) is 15.4. The van der Waals surface area contributed by atoms with Crippen LogP contribution in [-0.2, 0) is 0 Å². The van der Waals surface area contributed by atoms with E-state index in [-0.39, 0.29) is 5.75 Å². The van der Waals surface area contributed by atoms with E-state index in [9.17, 15) is 5.11 Å². The van der Waals surface area contributed by atoms with Gasteiger partial charge in [0.25, 0.3) is 0 Å². The minimum absolute atomic E-state index is 0.196. The Bertz CT molecular complexity index is 1000. The Balaban J connectivity index is 1.78. The third kappa shape index (κ3) is 2.87. The monoisotopic (exact) mass is 329 g/mol. The molecule has 0 aliphatic carbocycles. The molecule has 2 N–H and O–H groups in total. The molecule has 0 radical (unpaired) electrons. The van der Waals surface area contributed by atoms with Gasteiger partial charge < -0.3 is 10.1 Å². The van der Waals surface area contributed by atoms with Crippen LogP contribution in [0.1, 0.15) is 25.3 Å². The summed E-state index contributed by atoms with van der Waals surface area (Å²) in [4.78, 5) is 12.0. The Morgan fingerprint density at radius 3 is 2.44 bits per heavy atom. The van der Waals surface area contributed by atoms with Gasteiger partial charge in [-0.2, -0.15) is 0 Å². The summed E-state index contributed by atoms with van der Waals surface area (Å²) in [5.41, 5.74) is 5.62. The van der Waals surface area contributed by atoms with Gasteiger partial charge in [0.1, 0.15) is 11.6 Å². The van der Waals surface area contributed by atoms with Crippen LogP contribution in [0.2, 0.25) is 0 Å². The fraction of sp³-hybridized carbons (Fsp3) is 0.143. The number of nitrogens with one attached hydrogen (secondary N) is 1. The van der Waals surface area contributed by atoms with Crippen LogP contribution in [0.4, 0.5) is 0 Å². The minimum atomic E-state index is 0.196. The number of benzene rings is 2. The van der Waals surface area contributed by atoms with E-state index in [0.717, 1.165) is 16.6 Å². The molecule has 2 heterocycles. The number of nitrogens with zero attached hydrogens (tertiary/aromatic N) is 2. The highest BCUT2D eigenvalue weighted by atomic mass is 16.3. The van der Waals surface area contributed by atoms with Gasteiger partial charge in [0.05, 0.1) is 11.1 Å².